The van der Waals surface area contributed by atoms with Crippen molar-refractivity contribution < 1.29 is 4.79 Å². The summed E-state index contributed by atoms with van der Waals surface area (Å²) in [5.41, 5.74) is 0.686. The van der Waals surface area contributed by atoms with E-state index in [9.17, 15) is 4.79 Å². The SMILES string of the molecule is O=C(Sc1cncnc1)c1ccccc1. The quantitative estimate of drug-likeness (QED) is 0.723. The van der Waals surface area contributed by atoms with Crippen LogP contribution in [0.1, 0.15) is 10.4 Å². The van der Waals surface area contributed by atoms with Crippen molar-refractivity contribution in [3.8, 4) is 0 Å². The summed E-state index contributed by atoms with van der Waals surface area (Å²) in [6.45, 7) is 0. The van der Waals surface area contributed by atoms with Crippen LogP contribution in [0.4, 0.5) is 0 Å². The summed E-state index contributed by atoms with van der Waals surface area (Å²) < 4.78 is 0. The molecule has 4 heteroatoms. The van der Waals surface area contributed by atoms with Crippen LogP contribution in [-0.4, -0.2) is 15.1 Å². The van der Waals surface area contributed by atoms with Crippen molar-refractivity contribution in [2.45, 2.75) is 4.90 Å². The Morgan fingerprint density at radius 1 is 1.07 bits per heavy atom. The minimum atomic E-state index is 0.00500. The summed E-state index contributed by atoms with van der Waals surface area (Å²) >= 11 is 1.13. The lowest BCUT2D eigenvalue weighted by Crippen LogP contribution is -1.92. The van der Waals surface area contributed by atoms with Crippen LogP contribution in [-0.2, 0) is 0 Å². The Bertz CT molecular complexity index is 445. The summed E-state index contributed by atoms with van der Waals surface area (Å²) in [4.78, 5) is 20.2. The predicted molar refractivity (Wildman–Crippen MR) is 58.7 cm³/mol. The first-order valence-corrected chi connectivity index (χ1v) is 5.20. The summed E-state index contributed by atoms with van der Waals surface area (Å²) in [5, 5.41) is 0.00500. The molecule has 0 aliphatic heterocycles. The van der Waals surface area contributed by atoms with E-state index in [0.29, 0.717) is 5.56 Å². The summed E-state index contributed by atoms with van der Waals surface area (Å²) in [5.74, 6) is 0. The van der Waals surface area contributed by atoms with Crippen LogP contribution in [0.3, 0.4) is 0 Å². The molecule has 0 aliphatic carbocycles. The van der Waals surface area contributed by atoms with Crippen molar-refractivity contribution >= 4 is 16.9 Å². The lowest BCUT2D eigenvalue weighted by molar-refractivity contribution is 0.108. The Hall–Kier alpha value is -1.68. The molecular formula is C11H8N2OS. The highest BCUT2D eigenvalue weighted by Crippen LogP contribution is 2.20. The highest BCUT2D eigenvalue weighted by Gasteiger charge is 2.06. The van der Waals surface area contributed by atoms with Gasteiger partial charge in [0.2, 0.25) is 5.12 Å². The molecule has 1 heterocycles. The van der Waals surface area contributed by atoms with Crippen LogP contribution in [0.25, 0.3) is 0 Å². The van der Waals surface area contributed by atoms with E-state index in [1.807, 2.05) is 18.2 Å². The number of nitrogens with zero attached hydrogens (tertiary/aromatic N) is 2. The van der Waals surface area contributed by atoms with Gasteiger partial charge in [-0.15, -0.1) is 0 Å². The van der Waals surface area contributed by atoms with Gasteiger partial charge in [0.25, 0.3) is 0 Å². The lowest BCUT2D eigenvalue weighted by Gasteiger charge is -1.98. The zero-order chi connectivity index (χ0) is 10.5. The van der Waals surface area contributed by atoms with Crippen molar-refractivity contribution in [3.63, 3.8) is 0 Å². The van der Waals surface area contributed by atoms with Crippen LogP contribution < -0.4 is 0 Å². The Morgan fingerprint density at radius 3 is 2.40 bits per heavy atom. The minimum Gasteiger partial charge on any atom is -0.281 e. The van der Waals surface area contributed by atoms with Crippen LogP contribution >= 0.6 is 11.8 Å². The van der Waals surface area contributed by atoms with Gasteiger partial charge in [0.15, 0.2) is 0 Å². The smallest absolute Gasteiger partial charge is 0.224 e. The van der Waals surface area contributed by atoms with Gasteiger partial charge in [0.05, 0.1) is 4.90 Å². The maximum atomic E-state index is 11.7. The Morgan fingerprint density at radius 2 is 1.73 bits per heavy atom. The molecule has 74 valence electrons. The number of hydrogen-bond acceptors (Lipinski definition) is 4. The largest absolute Gasteiger partial charge is 0.281 e. The van der Waals surface area contributed by atoms with E-state index in [1.165, 1.54) is 6.33 Å². The molecular weight excluding hydrogens is 208 g/mol. The summed E-state index contributed by atoms with van der Waals surface area (Å²) in [6.07, 6.45) is 4.69. The molecule has 0 atom stereocenters. The molecule has 0 saturated heterocycles. The highest BCUT2D eigenvalue weighted by atomic mass is 32.2. The van der Waals surface area contributed by atoms with Gasteiger partial charge < -0.3 is 0 Å². The van der Waals surface area contributed by atoms with Crippen molar-refractivity contribution in [1.82, 2.24) is 9.97 Å². The fraction of sp³-hybridized carbons (Fsp3) is 0. The minimum absolute atomic E-state index is 0.00500. The average molecular weight is 216 g/mol. The molecule has 0 N–H and O–H groups in total. The third kappa shape index (κ3) is 2.63. The number of thioether (sulfide) groups is 1. The Labute approximate surface area is 91.6 Å². The fourth-order valence-electron chi connectivity index (χ4n) is 1.08. The van der Waals surface area contributed by atoms with Gasteiger partial charge in [-0.2, -0.15) is 0 Å². The number of aromatic nitrogens is 2. The topological polar surface area (TPSA) is 42.9 Å². The van der Waals surface area contributed by atoms with E-state index in [0.717, 1.165) is 16.7 Å². The predicted octanol–water partition coefficient (Wildman–Crippen LogP) is 2.41. The van der Waals surface area contributed by atoms with Gasteiger partial charge in [0, 0.05) is 18.0 Å². The number of carbonyl (C=O) groups is 1. The Kier molecular flexibility index (Phi) is 3.09. The first-order valence-electron chi connectivity index (χ1n) is 4.38. The number of carbonyl (C=O) groups excluding carboxylic acids is 1. The van der Waals surface area contributed by atoms with Gasteiger partial charge in [0.1, 0.15) is 6.33 Å². The molecule has 0 amide bonds. The van der Waals surface area contributed by atoms with Crippen molar-refractivity contribution in [1.29, 1.82) is 0 Å². The van der Waals surface area contributed by atoms with E-state index in [1.54, 1.807) is 24.5 Å². The fourth-order valence-corrected chi connectivity index (χ4v) is 1.77. The molecule has 2 aromatic rings. The standard InChI is InChI=1S/C11H8N2OS/c14-11(9-4-2-1-3-5-9)15-10-6-12-8-13-7-10/h1-8H. The van der Waals surface area contributed by atoms with Crippen LogP contribution in [0.15, 0.2) is 53.9 Å². The van der Waals surface area contributed by atoms with Gasteiger partial charge in [-0.1, -0.05) is 30.3 Å². The van der Waals surface area contributed by atoms with Crippen molar-refractivity contribution in [3.05, 3.63) is 54.6 Å². The second kappa shape index (κ2) is 4.70. The maximum Gasteiger partial charge on any atom is 0.224 e. The molecule has 1 aromatic heterocycles. The first-order chi connectivity index (χ1) is 7.36. The number of hydrogen-bond donors (Lipinski definition) is 0. The van der Waals surface area contributed by atoms with Gasteiger partial charge >= 0.3 is 0 Å². The highest BCUT2D eigenvalue weighted by molar-refractivity contribution is 8.14. The molecule has 0 bridgehead atoms. The molecule has 0 fully saturated rings. The average Bonchev–Trinajstić information content (AvgIpc) is 2.31. The molecule has 3 nitrogen and oxygen atoms in total. The number of benzene rings is 1. The molecule has 0 aliphatic rings. The van der Waals surface area contributed by atoms with E-state index in [4.69, 9.17) is 0 Å². The molecule has 2 rings (SSSR count). The summed E-state index contributed by atoms with van der Waals surface area (Å²) in [7, 11) is 0. The maximum absolute atomic E-state index is 11.7. The normalized spacial score (nSPS) is 9.87. The van der Waals surface area contributed by atoms with E-state index < -0.39 is 0 Å². The number of rotatable bonds is 2. The first kappa shape index (κ1) is 9.86. The third-order valence-corrected chi connectivity index (χ3v) is 2.62. The van der Waals surface area contributed by atoms with Gasteiger partial charge in [-0.3, -0.25) is 4.79 Å². The van der Waals surface area contributed by atoms with Gasteiger partial charge in [-0.25, -0.2) is 9.97 Å². The van der Waals surface area contributed by atoms with Crippen LogP contribution in [0.5, 0.6) is 0 Å². The molecule has 0 unspecified atom stereocenters. The molecule has 0 spiro atoms. The Balaban J connectivity index is 2.12. The van der Waals surface area contributed by atoms with Gasteiger partial charge in [-0.05, 0) is 11.8 Å². The summed E-state index contributed by atoms with van der Waals surface area (Å²) in [6, 6.07) is 9.15. The second-order valence-electron chi connectivity index (χ2n) is 2.83. The molecule has 1 aromatic carbocycles. The van der Waals surface area contributed by atoms with Crippen molar-refractivity contribution in [2.75, 3.05) is 0 Å². The zero-order valence-corrected chi connectivity index (χ0v) is 8.65. The van der Waals surface area contributed by atoms with Crippen molar-refractivity contribution in [2.24, 2.45) is 0 Å². The van der Waals surface area contributed by atoms with E-state index >= 15 is 0 Å². The monoisotopic (exact) mass is 216 g/mol. The third-order valence-electron chi connectivity index (χ3n) is 1.76. The second-order valence-corrected chi connectivity index (χ2v) is 3.88. The molecule has 15 heavy (non-hydrogen) atoms. The molecule has 0 radical (unpaired) electrons. The van der Waals surface area contributed by atoms with Crippen LogP contribution in [0.2, 0.25) is 0 Å². The zero-order valence-electron chi connectivity index (χ0n) is 7.83. The lowest BCUT2D eigenvalue weighted by atomic mass is 10.2. The van der Waals surface area contributed by atoms with E-state index in [2.05, 4.69) is 9.97 Å². The van der Waals surface area contributed by atoms with Crippen LogP contribution in [0, 0.1) is 0 Å². The molecule has 0 saturated carbocycles. The van der Waals surface area contributed by atoms with E-state index in [-0.39, 0.29) is 5.12 Å².